The Morgan fingerprint density at radius 3 is 1.97 bits per heavy atom. The van der Waals surface area contributed by atoms with Crippen molar-refractivity contribution in [2.24, 2.45) is 0 Å². The van der Waals surface area contributed by atoms with E-state index in [4.69, 9.17) is 4.42 Å². The van der Waals surface area contributed by atoms with Crippen LogP contribution in [0.5, 0.6) is 0 Å². The molecule has 0 saturated carbocycles. The van der Waals surface area contributed by atoms with Gasteiger partial charge in [0.05, 0.1) is 0 Å². The third kappa shape index (κ3) is 2.56. The Kier molecular flexibility index (Phi) is 3.70. The molecule has 4 aromatic carbocycles. The van der Waals surface area contributed by atoms with Crippen molar-refractivity contribution in [1.82, 2.24) is 4.57 Å². The summed E-state index contributed by atoms with van der Waals surface area (Å²) in [5.41, 5.74) is 5.93. The zero-order valence-electron chi connectivity index (χ0n) is 16.1. The standard InChI is InChI=1S/C27H21NO/c1-4-15-24-20(11-1)21-12-2-5-16-25(21)28(24)18-8-10-19-9-7-14-23-22-13-3-6-17-26(22)29-27(19)23/h1-7,9,11-17H,8,10,18H2. The van der Waals surface area contributed by atoms with Crippen LogP contribution in [0.3, 0.4) is 0 Å². The Morgan fingerprint density at radius 1 is 0.586 bits per heavy atom. The quantitative estimate of drug-likeness (QED) is 0.315. The van der Waals surface area contributed by atoms with Crippen molar-refractivity contribution in [1.29, 1.82) is 0 Å². The first-order valence-electron chi connectivity index (χ1n) is 10.3. The number of rotatable bonds is 4. The van der Waals surface area contributed by atoms with Crippen LogP contribution >= 0.6 is 0 Å². The van der Waals surface area contributed by atoms with Gasteiger partial charge in [-0.25, -0.2) is 0 Å². The van der Waals surface area contributed by atoms with Gasteiger partial charge in [0.15, 0.2) is 0 Å². The summed E-state index contributed by atoms with van der Waals surface area (Å²) in [6, 6.07) is 32.3. The smallest absolute Gasteiger partial charge is 0.138 e. The van der Waals surface area contributed by atoms with Gasteiger partial charge in [0.2, 0.25) is 0 Å². The molecular weight excluding hydrogens is 354 g/mol. The topological polar surface area (TPSA) is 18.1 Å². The van der Waals surface area contributed by atoms with E-state index < -0.39 is 0 Å². The zero-order chi connectivity index (χ0) is 19.2. The Morgan fingerprint density at radius 2 is 1.21 bits per heavy atom. The second-order valence-corrected chi connectivity index (χ2v) is 7.68. The summed E-state index contributed by atoms with van der Waals surface area (Å²) in [5, 5.41) is 5.09. The Labute approximate surface area is 169 Å². The number of aromatic nitrogens is 1. The van der Waals surface area contributed by atoms with Gasteiger partial charge in [-0.05, 0) is 36.6 Å². The molecular formula is C27H21NO. The first-order chi connectivity index (χ1) is 14.4. The molecule has 6 aromatic rings. The molecule has 6 rings (SSSR count). The van der Waals surface area contributed by atoms with E-state index in [0.29, 0.717) is 0 Å². The third-order valence-corrected chi connectivity index (χ3v) is 5.99. The summed E-state index contributed by atoms with van der Waals surface area (Å²) in [6.07, 6.45) is 2.07. The predicted molar refractivity (Wildman–Crippen MR) is 121 cm³/mol. The summed E-state index contributed by atoms with van der Waals surface area (Å²) >= 11 is 0. The molecule has 0 aliphatic heterocycles. The minimum atomic E-state index is 0.970. The van der Waals surface area contributed by atoms with Gasteiger partial charge in [-0.2, -0.15) is 0 Å². The lowest BCUT2D eigenvalue weighted by Crippen LogP contribution is -1.99. The van der Waals surface area contributed by atoms with Crippen molar-refractivity contribution in [2.75, 3.05) is 0 Å². The molecule has 0 aliphatic rings. The maximum Gasteiger partial charge on any atom is 0.138 e. The molecule has 0 fully saturated rings. The van der Waals surface area contributed by atoms with E-state index in [2.05, 4.69) is 89.5 Å². The van der Waals surface area contributed by atoms with Crippen LogP contribution in [0.15, 0.2) is 95.4 Å². The van der Waals surface area contributed by atoms with Gasteiger partial charge in [0.25, 0.3) is 0 Å². The van der Waals surface area contributed by atoms with Gasteiger partial charge in [0, 0.05) is 39.1 Å². The number of furan rings is 1. The maximum absolute atomic E-state index is 6.21. The molecule has 140 valence electrons. The number of hydrogen-bond donors (Lipinski definition) is 0. The molecule has 0 radical (unpaired) electrons. The van der Waals surface area contributed by atoms with E-state index in [1.165, 1.54) is 38.1 Å². The fourth-order valence-electron chi connectivity index (χ4n) is 4.67. The second kappa shape index (κ2) is 6.52. The number of benzene rings is 4. The average molecular weight is 375 g/mol. The Bertz CT molecular complexity index is 1430. The highest BCUT2D eigenvalue weighted by Gasteiger charge is 2.12. The van der Waals surface area contributed by atoms with Crippen LogP contribution in [0.1, 0.15) is 12.0 Å². The average Bonchev–Trinajstić information content (AvgIpc) is 3.31. The molecule has 0 saturated heterocycles. The summed E-state index contributed by atoms with van der Waals surface area (Å²) in [6.45, 7) is 0.991. The zero-order valence-corrected chi connectivity index (χ0v) is 16.1. The lowest BCUT2D eigenvalue weighted by molar-refractivity contribution is 0.645. The first-order valence-corrected chi connectivity index (χ1v) is 10.3. The SMILES string of the molecule is c1ccc2c(c1)oc1c(CCCn3c4ccccc4c4ccccc43)cccc12. The van der Waals surface area contributed by atoms with Crippen LogP contribution in [-0.4, -0.2) is 4.57 Å². The van der Waals surface area contributed by atoms with Gasteiger partial charge in [-0.1, -0.05) is 72.8 Å². The molecule has 29 heavy (non-hydrogen) atoms. The molecule has 2 aromatic heterocycles. The molecule has 2 heterocycles. The van der Waals surface area contributed by atoms with Gasteiger partial charge >= 0.3 is 0 Å². The van der Waals surface area contributed by atoms with Crippen LogP contribution < -0.4 is 0 Å². The third-order valence-electron chi connectivity index (χ3n) is 5.99. The van der Waals surface area contributed by atoms with Crippen LogP contribution in [-0.2, 0) is 13.0 Å². The monoisotopic (exact) mass is 375 g/mol. The van der Waals surface area contributed by atoms with E-state index >= 15 is 0 Å². The van der Waals surface area contributed by atoms with Gasteiger partial charge in [-0.3, -0.25) is 0 Å². The van der Waals surface area contributed by atoms with Gasteiger partial charge < -0.3 is 8.98 Å². The fraction of sp³-hybridized carbons (Fsp3) is 0.111. The van der Waals surface area contributed by atoms with Gasteiger partial charge in [0.1, 0.15) is 11.2 Å². The van der Waals surface area contributed by atoms with Crippen molar-refractivity contribution in [3.05, 3.63) is 96.6 Å². The van der Waals surface area contributed by atoms with E-state index in [0.717, 1.165) is 30.6 Å². The molecule has 0 atom stereocenters. The lowest BCUT2D eigenvalue weighted by Gasteiger charge is -2.08. The molecule has 0 aliphatic carbocycles. The lowest BCUT2D eigenvalue weighted by atomic mass is 10.1. The van der Waals surface area contributed by atoms with Crippen LogP contribution in [0, 0.1) is 0 Å². The Balaban J connectivity index is 1.36. The van der Waals surface area contributed by atoms with Crippen LogP contribution in [0.4, 0.5) is 0 Å². The molecule has 0 unspecified atom stereocenters. The fourth-order valence-corrected chi connectivity index (χ4v) is 4.67. The predicted octanol–water partition coefficient (Wildman–Crippen LogP) is 7.33. The van der Waals surface area contributed by atoms with E-state index in [9.17, 15) is 0 Å². The first kappa shape index (κ1) is 16.4. The number of nitrogens with zero attached hydrogens (tertiary/aromatic N) is 1. The minimum Gasteiger partial charge on any atom is -0.456 e. The van der Waals surface area contributed by atoms with E-state index in [1.807, 2.05) is 6.07 Å². The molecule has 2 heteroatoms. The van der Waals surface area contributed by atoms with Crippen molar-refractivity contribution >= 4 is 43.7 Å². The molecule has 0 bridgehead atoms. The van der Waals surface area contributed by atoms with Crippen molar-refractivity contribution < 1.29 is 4.42 Å². The molecule has 0 spiro atoms. The molecule has 2 nitrogen and oxygen atoms in total. The highest BCUT2D eigenvalue weighted by atomic mass is 16.3. The van der Waals surface area contributed by atoms with Gasteiger partial charge in [-0.15, -0.1) is 0 Å². The van der Waals surface area contributed by atoms with Crippen LogP contribution in [0.2, 0.25) is 0 Å². The molecule has 0 N–H and O–H groups in total. The number of fused-ring (bicyclic) bond motifs is 6. The molecule has 0 amide bonds. The van der Waals surface area contributed by atoms with Crippen LogP contribution in [0.25, 0.3) is 43.7 Å². The number of aryl methyl sites for hydroxylation is 2. The highest BCUT2D eigenvalue weighted by molar-refractivity contribution is 6.08. The summed E-state index contributed by atoms with van der Waals surface area (Å²) in [4.78, 5) is 0. The van der Waals surface area contributed by atoms with Crippen molar-refractivity contribution in [2.45, 2.75) is 19.4 Å². The summed E-state index contributed by atoms with van der Waals surface area (Å²) in [5.74, 6) is 0. The summed E-state index contributed by atoms with van der Waals surface area (Å²) < 4.78 is 8.67. The van der Waals surface area contributed by atoms with E-state index in [1.54, 1.807) is 0 Å². The summed E-state index contributed by atoms with van der Waals surface area (Å²) in [7, 11) is 0. The second-order valence-electron chi connectivity index (χ2n) is 7.68. The number of para-hydroxylation sites is 4. The van der Waals surface area contributed by atoms with Crippen molar-refractivity contribution in [3.8, 4) is 0 Å². The maximum atomic E-state index is 6.21. The minimum absolute atomic E-state index is 0.970. The normalized spacial score (nSPS) is 11.9. The highest BCUT2D eigenvalue weighted by Crippen LogP contribution is 2.32. The Hall–Kier alpha value is -3.52. The number of hydrogen-bond acceptors (Lipinski definition) is 1. The van der Waals surface area contributed by atoms with Crippen molar-refractivity contribution in [3.63, 3.8) is 0 Å². The largest absolute Gasteiger partial charge is 0.456 e. The van der Waals surface area contributed by atoms with E-state index in [-0.39, 0.29) is 0 Å².